The van der Waals surface area contributed by atoms with Crippen molar-refractivity contribution in [1.29, 1.82) is 0 Å². The molecule has 0 fully saturated rings. The van der Waals surface area contributed by atoms with Crippen molar-refractivity contribution >= 4 is 45.0 Å². The number of aromatic nitrogens is 1. The first-order valence-electron chi connectivity index (χ1n) is 7.59. The minimum absolute atomic E-state index is 0.106. The number of fused-ring (bicyclic) bond motifs is 1. The Morgan fingerprint density at radius 3 is 2.41 bits per heavy atom. The standard InChI is InChI=1S/C19H11BrF3NO3/c20-12-4-8-17-15(9-12)16(18(25)26)10-13(24-17)5-1-11-2-6-14(7-3-11)27-19(21,22)23/h1-10H,(H,25,26)/b5-1+. The number of halogens is 4. The van der Waals surface area contributed by atoms with Crippen LogP contribution in [0.5, 0.6) is 5.75 Å². The summed E-state index contributed by atoms with van der Waals surface area (Å²) in [7, 11) is 0. The molecule has 0 radical (unpaired) electrons. The average molecular weight is 438 g/mol. The molecule has 8 heteroatoms. The highest BCUT2D eigenvalue weighted by Crippen LogP contribution is 2.25. The van der Waals surface area contributed by atoms with E-state index >= 15 is 0 Å². The van der Waals surface area contributed by atoms with E-state index in [0.29, 0.717) is 22.2 Å². The maximum Gasteiger partial charge on any atom is 0.573 e. The highest BCUT2D eigenvalue weighted by atomic mass is 79.9. The summed E-state index contributed by atoms with van der Waals surface area (Å²) in [5.41, 5.74) is 1.65. The van der Waals surface area contributed by atoms with Gasteiger partial charge in [0, 0.05) is 9.86 Å². The first-order valence-corrected chi connectivity index (χ1v) is 8.38. The number of carboxylic acid groups (broad SMARTS) is 1. The van der Waals surface area contributed by atoms with Crippen molar-refractivity contribution in [3.8, 4) is 5.75 Å². The van der Waals surface area contributed by atoms with Gasteiger partial charge in [0.05, 0.1) is 16.8 Å². The monoisotopic (exact) mass is 437 g/mol. The fourth-order valence-corrected chi connectivity index (χ4v) is 2.80. The van der Waals surface area contributed by atoms with Crippen LogP contribution >= 0.6 is 15.9 Å². The minimum Gasteiger partial charge on any atom is -0.478 e. The Labute approximate surface area is 160 Å². The molecule has 3 rings (SSSR count). The average Bonchev–Trinajstić information content (AvgIpc) is 2.59. The molecule has 0 spiro atoms. The van der Waals surface area contributed by atoms with Gasteiger partial charge in [0.25, 0.3) is 0 Å². The minimum atomic E-state index is -4.74. The molecule has 2 aromatic carbocycles. The van der Waals surface area contributed by atoms with Gasteiger partial charge in [-0.1, -0.05) is 34.1 Å². The van der Waals surface area contributed by atoms with Crippen molar-refractivity contribution in [3.63, 3.8) is 0 Å². The number of carboxylic acids is 1. The van der Waals surface area contributed by atoms with Gasteiger partial charge in [-0.05, 0) is 48.0 Å². The van der Waals surface area contributed by atoms with Gasteiger partial charge in [0.2, 0.25) is 0 Å². The van der Waals surface area contributed by atoms with E-state index in [0.717, 1.165) is 4.47 Å². The van der Waals surface area contributed by atoms with Crippen LogP contribution < -0.4 is 4.74 Å². The molecule has 1 N–H and O–H groups in total. The lowest BCUT2D eigenvalue weighted by atomic mass is 10.1. The predicted molar refractivity (Wildman–Crippen MR) is 98.5 cm³/mol. The highest BCUT2D eigenvalue weighted by Gasteiger charge is 2.30. The van der Waals surface area contributed by atoms with Crippen molar-refractivity contribution < 1.29 is 27.8 Å². The van der Waals surface area contributed by atoms with E-state index in [9.17, 15) is 23.1 Å². The van der Waals surface area contributed by atoms with E-state index < -0.39 is 12.3 Å². The van der Waals surface area contributed by atoms with Crippen LogP contribution in [0.3, 0.4) is 0 Å². The van der Waals surface area contributed by atoms with Crippen LogP contribution in [0.4, 0.5) is 13.2 Å². The maximum atomic E-state index is 12.2. The van der Waals surface area contributed by atoms with Crippen molar-refractivity contribution in [2.45, 2.75) is 6.36 Å². The van der Waals surface area contributed by atoms with Gasteiger partial charge in [-0.25, -0.2) is 9.78 Å². The third-order valence-corrected chi connectivity index (χ3v) is 4.07. The molecule has 27 heavy (non-hydrogen) atoms. The summed E-state index contributed by atoms with van der Waals surface area (Å²) in [4.78, 5) is 15.9. The molecule has 0 saturated carbocycles. The van der Waals surface area contributed by atoms with E-state index in [1.54, 1.807) is 30.4 Å². The number of alkyl halides is 3. The Kier molecular flexibility index (Phi) is 5.18. The third kappa shape index (κ3) is 4.85. The van der Waals surface area contributed by atoms with Crippen LogP contribution in [0, 0.1) is 0 Å². The topological polar surface area (TPSA) is 59.4 Å². The van der Waals surface area contributed by atoms with Crippen molar-refractivity contribution in [3.05, 3.63) is 69.8 Å². The summed E-state index contributed by atoms with van der Waals surface area (Å²) in [6.07, 6.45) is -1.53. The lowest BCUT2D eigenvalue weighted by Crippen LogP contribution is -2.16. The van der Waals surface area contributed by atoms with Gasteiger partial charge in [-0.2, -0.15) is 0 Å². The molecule has 138 valence electrons. The summed E-state index contributed by atoms with van der Waals surface area (Å²) in [5.74, 6) is -1.40. The quantitative estimate of drug-likeness (QED) is 0.563. The van der Waals surface area contributed by atoms with Gasteiger partial charge in [-0.3, -0.25) is 0 Å². The van der Waals surface area contributed by atoms with Crippen molar-refractivity contribution in [1.82, 2.24) is 4.98 Å². The zero-order chi connectivity index (χ0) is 19.6. The predicted octanol–water partition coefficient (Wildman–Crippen LogP) is 5.76. The number of benzene rings is 2. The van der Waals surface area contributed by atoms with Crippen LogP contribution in [-0.4, -0.2) is 22.4 Å². The number of hydrogen-bond donors (Lipinski definition) is 1. The first-order chi connectivity index (χ1) is 12.7. The van der Waals surface area contributed by atoms with E-state index in [2.05, 4.69) is 25.7 Å². The van der Waals surface area contributed by atoms with Gasteiger partial charge in [0.15, 0.2) is 0 Å². The molecule has 0 amide bonds. The van der Waals surface area contributed by atoms with E-state index in [1.807, 2.05) is 0 Å². The van der Waals surface area contributed by atoms with Crippen LogP contribution in [-0.2, 0) is 0 Å². The zero-order valence-electron chi connectivity index (χ0n) is 13.5. The fourth-order valence-electron chi connectivity index (χ4n) is 2.44. The summed E-state index contributed by atoms with van der Waals surface area (Å²) in [6, 6.07) is 11.9. The molecule has 0 bridgehead atoms. The largest absolute Gasteiger partial charge is 0.573 e. The summed E-state index contributed by atoms with van der Waals surface area (Å²) < 4.78 is 41.1. The number of hydrogen-bond acceptors (Lipinski definition) is 3. The van der Waals surface area contributed by atoms with Gasteiger partial charge in [-0.15, -0.1) is 13.2 Å². The van der Waals surface area contributed by atoms with Gasteiger partial charge >= 0.3 is 12.3 Å². The lowest BCUT2D eigenvalue weighted by Gasteiger charge is -2.08. The van der Waals surface area contributed by atoms with E-state index in [4.69, 9.17) is 0 Å². The van der Waals surface area contributed by atoms with Crippen LogP contribution in [0.15, 0.2) is 53.0 Å². The number of aromatic carboxylic acids is 1. The Bertz CT molecular complexity index is 1030. The molecular weight excluding hydrogens is 427 g/mol. The van der Waals surface area contributed by atoms with Crippen molar-refractivity contribution in [2.24, 2.45) is 0 Å². The molecule has 0 saturated heterocycles. The van der Waals surface area contributed by atoms with Crippen LogP contribution in [0.1, 0.15) is 21.6 Å². The zero-order valence-corrected chi connectivity index (χ0v) is 15.1. The smallest absolute Gasteiger partial charge is 0.478 e. The molecule has 0 aliphatic carbocycles. The Hall–Kier alpha value is -2.87. The first kappa shape index (κ1) is 18.9. The fraction of sp³-hybridized carbons (Fsp3) is 0.0526. The third-order valence-electron chi connectivity index (χ3n) is 3.58. The molecule has 1 aromatic heterocycles. The maximum absolute atomic E-state index is 12.2. The summed E-state index contributed by atoms with van der Waals surface area (Å²) in [6.45, 7) is 0. The number of nitrogens with zero attached hydrogens (tertiary/aromatic N) is 1. The normalized spacial score (nSPS) is 11.9. The summed E-state index contributed by atoms with van der Waals surface area (Å²) in [5, 5.41) is 9.94. The summed E-state index contributed by atoms with van der Waals surface area (Å²) >= 11 is 3.30. The van der Waals surface area contributed by atoms with Crippen molar-refractivity contribution in [2.75, 3.05) is 0 Å². The lowest BCUT2D eigenvalue weighted by molar-refractivity contribution is -0.274. The molecule has 0 aliphatic heterocycles. The molecular formula is C19H11BrF3NO3. The second-order valence-electron chi connectivity index (χ2n) is 5.51. The second-order valence-corrected chi connectivity index (χ2v) is 6.43. The molecule has 1 heterocycles. The van der Waals surface area contributed by atoms with Crippen LogP contribution in [0.25, 0.3) is 23.1 Å². The SMILES string of the molecule is O=C(O)c1cc(/C=C/c2ccc(OC(F)(F)F)cc2)nc2ccc(Br)cc12. The molecule has 0 aliphatic rings. The Morgan fingerprint density at radius 1 is 1.07 bits per heavy atom. The van der Waals surface area contributed by atoms with Gasteiger partial charge < -0.3 is 9.84 Å². The number of carbonyl (C=O) groups is 1. The van der Waals surface area contributed by atoms with Gasteiger partial charge in [0.1, 0.15) is 5.75 Å². The van der Waals surface area contributed by atoms with Crippen LogP contribution in [0.2, 0.25) is 0 Å². The van der Waals surface area contributed by atoms with E-state index in [1.165, 1.54) is 30.3 Å². The molecule has 3 aromatic rings. The number of rotatable bonds is 4. The molecule has 0 unspecified atom stereocenters. The molecule has 4 nitrogen and oxygen atoms in total. The second kappa shape index (κ2) is 7.40. The molecule has 0 atom stereocenters. The Balaban J connectivity index is 1.90. The van der Waals surface area contributed by atoms with E-state index in [-0.39, 0.29) is 11.3 Å². The Morgan fingerprint density at radius 2 is 1.78 bits per heavy atom. The highest BCUT2D eigenvalue weighted by molar-refractivity contribution is 9.10. The number of ether oxygens (including phenoxy) is 1. The number of pyridine rings is 1.